The van der Waals surface area contributed by atoms with Gasteiger partial charge in [-0.25, -0.2) is 0 Å². The first kappa shape index (κ1) is 11.0. The molecule has 3 heteroatoms. The van der Waals surface area contributed by atoms with E-state index in [1.54, 1.807) is 0 Å². The van der Waals surface area contributed by atoms with Gasteiger partial charge in [0.25, 0.3) is 0 Å². The summed E-state index contributed by atoms with van der Waals surface area (Å²) in [5.74, 6) is 0. The van der Waals surface area contributed by atoms with Crippen molar-refractivity contribution in [3.05, 3.63) is 23.9 Å². The fraction of sp³-hybridized carbons (Fsp3) is 0.545. The molecule has 0 aromatic heterocycles. The lowest BCUT2D eigenvalue weighted by Gasteiger charge is -2.34. The van der Waals surface area contributed by atoms with Gasteiger partial charge < -0.3 is 9.69 Å². The summed E-state index contributed by atoms with van der Waals surface area (Å²) >= 11 is 0. The number of likely N-dealkylation sites (N-methyl/N-ethyl adjacent to an activating group) is 2. The summed E-state index contributed by atoms with van der Waals surface area (Å²) in [5, 5.41) is 0. The molecule has 1 aliphatic rings. The third kappa shape index (κ3) is 1.87. The van der Waals surface area contributed by atoms with Crippen LogP contribution in [0.15, 0.2) is 23.9 Å². The lowest BCUT2D eigenvalue weighted by atomic mass is 9.90. The second kappa shape index (κ2) is 3.96. The standard InChI is InChI=1S/C11H18N2O/c1-12(2)10-5-7-11(9-14,8-6-10)13(3)4/h5-7,9H,8H2,1-4H3. The number of aldehydes is 1. The predicted octanol–water partition coefficient (Wildman–Crippen LogP) is 0.891. The zero-order valence-electron chi connectivity index (χ0n) is 9.32. The monoisotopic (exact) mass is 194 g/mol. The van der Waals surface area contributed by atoms with E-state index in [1.807, 2.05) is 50.1 Å². The summed E-state index contributed by atoms with van der Waals surface area (Å²) in [6.07, 6.45) is 7.81. The highest BCUT2D eigenvalue weighted by Gasteiger charge is 2.30. The molecular formula is C11H18N2O. The maximum atomic E-state index is 11.1. The average Bonchev–Trinajstić information content (AvgIpc) is 2.17. The van der Waals surface area contributed by atoms with E-state index in [9.17, 15) is 4.79 Å². The minimum atomic E-state index is -0.445. The number of carbonyl (C=O) groups excluding carboxylic acids is 1. The van der Waals surface area contributed by atoms with Gasteiger partial charge in [0.05, 0.1) is 5.54 Å². The van der Waals surface area contributed by atoms with Crippen LogP contribution < -0.4 is 0 Å². The molecule has 14 heavy (non-hydrogen) atoms. The molecule has 0 heterocycles. The Kier molecular flexibility index (Phi) is 3.11. The van der Waals surface area contributed by atoms with Crippen LogP contribution >= 0.6 is 0 Å². The second-order valence-corrected chi connectivity index (χ2v) is 4.06. The topological polar surface area (TPSA) is 23.6 Å². The van der Waals surface area contributed by atoms with Crippen molar-refractivity contribution in [1.82, 2.24) is 9.80 Å². The molecule has 0 N–H and O–H groups in total. The molecule has 1 atom stereocenters. The number of nitrogens with zero attached hydrogens (tertiary/aromatic N) is 2. The number of rotatable bonds is 3. The van der Waals surface area contributed by atoms with Gasteiger partial charge in [0.15, 0.2) is 0 Å². The Morgan fingerprint density at radius 3 is 2.29 bits per heavy atom. The predicted molar refractivity (Wildman–Crippen MR) is 58.0 cm³/mol. The van der Waals surface area contributed by atoms with Crippen molar-refractivity contribution in [1.29, 1.82) is 0 Å². The van der Waals surface area contributed by atoms with Gasteiger partial charge in [-0.05, 0) is 26.6 Å². The summed E-state index contributed by atoms with van der Waals surface area (Å²) in [5.41, 5.74) is 0.712. The largest absolute Gasteiger partial charge is 0.378 e. The maximum absolute atomic E-state index is 11.1. The number of carbonyl (C=O) groups is 1. The highest BCUT2D eigenvalue weighted by Crippen LogP contribution is 2.24. The first-order chi connectivity index (χ1) is 6.52. The minimum Gasteiger partial charge on any atom is -0.378 e. The Morgan fingerprint density at radius 1 is 1.36 bits per heavy atom. The number of hydrogen-bond donors (Lipinski definition) is 0. The molecule has 0 fully saturated rings. The van der Waals surface area contributed by atoms with Crippen LogP contribution in [0.3, 0.4) is 0 Å². The first-order valence-electron chi connectivity index (χ1n) is 4.72. The highest BCUT2D eigenvalue weighted by atomic mass is 16.1. The zero-order valence-corrected chi connectivity index (χ0v) is 9.32. The van der Waals surface area contributed by atoms with Crippen molar-refractivity contribution in [2.24, 2.45) is 0 Å². The van der Waals surface area contributed by atoms with Crippen molar-refractivity contribution in [3.63, 3.8) is 0 Å². The minimum absolute atomic E-state index is 0.445. The van der Waals surface area contributed by atoms with Crippen molar-refractivity contribution in [3.8, 4) is 0 Å². The Hall–Kier alpha value is -1.09. The molecule has 1 aliphatic carbocycles. The fourth-order valence-electron chi connectivity index (χ4n) is 1.49. The molecule has 0 spiro atoms. The lowest BCUT2D eigenvalue weighted by Crippen LogP contribution is -2.44. The van der Waals surface area contributed by atoms with Crippen LogP contribution in [0.4, 0.5) is 0 Å². The van der Waals surface area contributed by atoms with Crippen LogP contribution in [0, 0.1) is 0 Å². The van der Waals surface area contributed by atoms with E-state index in [2.05, 4.69) is 6.08 Å². The SMILES string of the molecule is CN(C)C1=CCC(C=O)(N(C)C)C=C1. The van der Waals surface area contributed by atoms with Gasteiger partial charge >= 0.3 is 0 Å². The Morgan fingerprint density at radius 2 is 2.00 bits per heavy atom. The van der Waals surface area contributed by atoms with E-state index in [-0.39, 0.29) is 0 Å². The van der Waals surface area contributed by atoms with Gasteiger partial charge in [-0.3, -0.25) is 4.90 Å². The van der Waals surface area contributed by atoms with Crippen LogP contribution in [0.1, 0.15) is 6.42 Å². The van der Waals surface area contributed by atoms with Gasteiger partial charge in [0.1, 0.15) is 6.29 Å². The van der Waals surface area contributed by atoms with Gasteiger partial charge in [-0.2, -0.15) is 0 Å². The molecule has 0 bridgehead atoms. The van der Waals surface area contributed by atoms with E-state index in [0.29, 0.717) is 0 Å². The zero-order chi connectivity index (χ0) is 10.8. The van der Waals surface area contributed by atoms with Crippen LogP contribution in [0.25, 0.3) is 0 Å². The molecule has 0 amide bonds. The van der Waals surface area contributed by atoms with E-state index in [4.69, 9.17) is 0 Å². The molecule has 3 nitrogen and oxygen atoms in total. The summed E-state index contributed by atoms with van der Waals surface area (Å²) in [6, 6.07) is 0. The van der Waals surface area contributed by atoms with Gasteiger partial charge in [0.2, 0.25) is 0 Å². The smallest absolute Gasteiger partial charge is 0.144 e. The van der Waals surface area contributed by atoms with Gasteiger partial charge in [-0.15, -0.1) is 0 Å². The molecule has 0 saturated carbocycles. The van der Waals surface area contributed by atoms with E-state index >= 15 is 0 Å². The normalized spacial score (nSPS) is 26.2. The second-order valence-electron chi connectivity index (χ2n) is 4.06. The van der Waals surface area contributed by atoms with Crippen molar-refractivity contribution in [2.75, 3.05) is 28.2 Å². The number of hydrogen-bond acceptors (Lipinski definition) is 3. The van der Waals surface area contributed by atoms with E-state index in [0.717, 1.165) is 18.4 Å². The van der Waals surface area contributed by atoms with Crippen molar-refractivity contribution in [2.45, 2.75) is 12.0 Å². The maximum Gasteiger partial charge on any atom is 0.144 e. The first-order valence-corrected chi connectivity index (χ1v) is 4.72. The number of allylic oxidation sites excluding steroid dienone is 1. The summed E-state index contributed by atoms with van der Waals surface area (Å²) in [4.78, 5) is 15.1. The quantitative estimate of drug-likeness (QED) is 0.623. The third-order valence-electron chi connectivity index (χ3n) is 2.73. The molecule has 0 aromatic rings. The van der Waals surface area contributed by atoms with Crippen LogP contribution in [-0.4, -0.2) is 49.8 Å². The molecule has 78 valence electrons. The Labute approximate surface area is 85.7 Å². The summed E-state index contributed by atoms with van der Waals surface area (Å²) < 4.78 is 0. The fourth-order valence-corrected chi connectivity index (χ4v) is 1.49. The van der Waals surface area contributed by atoms with Crippen LogP contribution in [-0.2, 0) is 4.79 Å². The average molecular weight is 194 g/mol. The Bertz CT molecular complexity index is 279. The van der Waals surface area contributed by atoms with Crippen molar-refractivity contribution < 1.29 is 4.79 Å². The summed E-state index contributed by atoms with van der Waals surface area (Å²) in [6.45, 7) is 0. The molecule has 0 radical (unpaired) electrons. The third-order valence-corrected chi connectivity index (χ3v) is 2.73. The lowest BCUT2D eigenvalue weighted by molar-refractivity contribution is -0.114. The summed E-state index contributed by atoms with van der Waals surface area (Å²) in [7, 11) is 7.85. The molecular weight excluding hydrogens is 176 g/mol. The molecule has 1 rings (SSSR count). The van der Waals surface area contributed by atoms with Gasteiger partial charge in [-0.1, -0.05) is 12.2 Å². The Balaban J connectivity index is 2.85. The van der Waals surface area contributed by atoms with E-state index < -0.39 is 5.54 Å². The molecule has 0 aliphatic heterocycles. The van der Waals surface area contributed by atoms with Crippen LogP contribution in [0.2, 0.25) is 0 Å². The van der Waals surface area contributed by atoms with Gasteiger partial charge in [0, 0.05) is 19.8 Å². The van der Waals surface area contributed by atoms with Crippen LogP contribution in [0.5, 0.6) is 0 Å². The molecule has 0 saturated heterocycles. The van der Waals surface area contributed by atoms with E-state index in [1.165, 1.54) is 0 Å². The highest BCUT2D eigenvalue weighted by molar-refractivity contribution is 5.69. The van der Waals surface area contributed by atoms with Crippen molar-refractivity contribution >= 4 is 6.29 Å². The molecule has 1 unspecified atom stereocenters. The molecule has 0 aromatic carbocycles.